The van der Waals surface area contributed by atoms with Crippen molar-refractivity contribution >= 4 is 5.97 Å². The molecule has 1 aromatic rings. The van der Waals surface area contributed by atoms with Crippen molar-refractivity contribution in [2.75, 3.05) is 7.11 Å². The SMILES string of the molecule is COC(C)=O.c1cnccn1. The zero-order chi connectivity index (χ0) is 8.53. The van der Waals surface area contributed by atoms with E-state index in [9.17, 15) is 4.79 Å². The standard InChI is InChI=1S/C4H4N2.C3H6O2/c1-2-6-4-3-5-1;1-3(4)5-2/h1-4H;1-2H3. The number of ether oxygens (including phenoxy) is 1. The van der Waals surface area contributed by atoms with Crippen LogP contribution in [0.25, 0.3) is 0 Å². The maximum absolute atomic E-state index is 9.59. The molecular weight excluding hydrogens is 144 g/mol. The summed E-state index contributed by atoms with van der Waals surface area (Å²) in [6.45, 7) is 1.36. The van der Waals surface area contributed by atoms with E-state index in [0.29, 0.717) is 0 Å². The van der Waals surface area contributed by atoms with Crippen molar-refractivity contribution in [3.8, 4) is 0 Å². The lowest BCUT2D eigenvalue weighted by Gasteiger charge is -1.80. The van der Waals surface area contributed by atoms with Gasteiger partial charge in [0, 0.05) is 31.7 Å². The maximum atomic E-state index is 9.59. The Labute approximate surface area is 65.2 Å². The summed E-state index contributed by atoms with van der Waals surface area (Å²) >= 11 is 0. The lowest BCUT2D eigenvalue weighted by Crippen LogP contribution is -1.88. The lowest BCUT2D eigenvalue weighted by atomic mass is 10.8. The first-order valence-corrected chi connectivity index (χ1v) is 3.02. The highest BCUT2D eigenvalue weighted by molar-refractivity contribution is 5.65. The van der Waals surface area contributed by atoms with E-state index < -0.39 is 0 Å². The molecule has 0 bridgehead atoms. The van der Waals surface area contributed by atoms with Gasteiger partial charge in [0.1, 0.15) is 0 Å². The minimum absolute atomic E-state index is 0.245. The molecule has 0 saturated heterocycles. The zero-order valence-corrected chi connectivity index (χ0v) is 6.52. The van der Waals surface area contributed by atoms with Crippen LogP contribution in [0.5, 0.6) is 0 Å². The number of nitrogens with zero attached hydrogens (tertiary/aromatic N) is 2. The van der Waals surface area contributed by atoms with Crippen molar-refractivity contribution < 1.29 is 9.53 Å². The van der Waals surface area contributed by atoms with Gasteiger partial charge in [-0.1, -0.05) is 0 Å². The van der Waals surface area contributed by atoms with E-state index in [4.69, 9.17) is 0 Å². The molecule has 0 radical (unpaired) electrons. The predicted molar refractivity (Wildman–Crippen MR) is 39.7 cm³/mol. The van der Waals surface area contributed by atoms with Crippen molar-refractivity contribution in [1.29, 1.82) is 0 Å². The summed E-state index contributed by atoms with van der Waals surface area (Å²) in [6.07, 6.45) is 6.56. The van der Waals surface area contributed by atoms with E-state index in [1.807, 2.05) is 0 Å². The van der Waals surface area contributed by atoms with E-state index in [1.165, 1.54) is 14.0 Å². The van der Waals surface area contributed by atoms with Crippen LogP contribution < -0.4 is 0 Å². The quantitative estimate of drug-likeness (QED) is 0.515. The summed E-state index contributed by atoms with van der Waals surface area (Å²) in [5.74, 6) is -0.245. The average molecular weight is 154 g/mol. The van der Waals surface area contributed by atoms with Gasteiger partial charge in [-0.15, -0.1) is 0 Å². The summed E-state index contributed by atoms with van der Waals surface area (Å²) in [4.78, 5) is 17.0. The number of hydrogen-bond acceptors (Lipinski definition) is 4. The Kier molecular flexibility index (Phi) is 5.79. The Morgan fingerprint density at radius 3 is 1.55 bits per heavy atom. The number of methoxy groups -OCH3 is 1. The highest BCUT2D eigenvalue weighted by atomic mass is 16.5. The zero-order valence-electron chi connectivity index (χ0n) is 6.52. The Morgan fingerprint density at radius 1 is 1.18 bits per heavy atom. The van der Waals surface area contributed by atoms with Crippen molar-refractivity contribution in [2.24, 2.45) is 0 Å². The molecular formula is C7H10N2O2. The Hall–Kier alpha value is -1.45. The second kappa shape index (κ2) is 6.67. The third-order valence-corrected chi connectivity index (χ3v) is 0.765. The molecule has 0 aliphatic heterocycles. The summed E-state index contributed by atoms with van der Waals surface area (Å²) in [5.41, 5.74) is 0. The fraction of sp³-hybridized carbons (Fsp3) is 0.286. The molecule has 0 aliphatic carbocycles. The molecule has 0 atom stereocenters. The fourth-order valence-corrected chi connectivity index (χ4v) is 0.253. The van der Waals surface area contributed by atoms with Crippen LogP contribution in [0.1, 0.15) is 6.92 Å². The van der Waals surface area contributed by atoms with Crippen molar-refractivity contribution in [3.05, 3.63) is 24.8 Å². The van der Waals surface area contributed by atoms with Crippen molar-refractivity contribution in [1.82, 2.24) is 9.97 Å². The Morgan fingerprint density at radius 2 is 1.45 bits per heavy atom. The van der Waals surface area contributed by atoms with E-state index >= 15 is 0 Å². The fourth-order valence-electron chi connectivity index (χ4n) is 0.253. The first-order valence-electron chi connectivity index (χ1n) is 3.02. The molecule has 4 heteroatoms. The van der Waals surface area contributed by atoms with Gasteiger partial charge in [-0.2, -0.15) is 0 Å². The van der Waals surface area contributed by atoms with Crippen LogP contribution in [0.15, 0.2) is 24.8 Å². The van der Waals surface area contributed by atoms with Crippen LogP contribution in [-0.4, -0.2) is 23.0 Å². The first kappa shape index (κ1) is 9.55. The summed E-state index contributed by atoms with van der Waals surface area (Å²) in [5, 5.41) is 0. The Bertz CT molecular complexity index is 162. The Balaban J connectivity index is 0.000000187. The molecule has 1 rings (SSSR count). The van der Waals surface area contributed by atoms with Gasteiger partial charge in [0.15, 0.2) is 0 Å². The highest BCUT2D eigenvalue weighted by Crippen LogP contribution is 1.65. The van der Waals surface area contributed by atoms with E-state index in [-0.39, 0.29) is 5.97 Å². The molecule has 0 fully saturated rings. The largest absolute Gasteiger partial charge is 0.469 e. The minimum Gasteiger partial charge on any atom is -0.469 e. The van der Waals surface area contributed by atoms with Gasteiger partial charge in [-0.05, 0) is 0 Å². The second-order valence-electron chi connectivity index (χ2n) is 1.59. The monoisotopic (exact) mass is 154 g/mol. The molecule has 11 heavy (non-hydrogen) atoms. The minimum atomic E-state index is -0.245. The van der Waals surface area contributed by atoms with Gasteiger partial charge in [-0.25, -0.2) is 0 Å². The topological polar surface area (TPSA) is 52.1 Å². The molecule has 0 amide bonds. The van der Waals surface area contributed by atoms with Gasteiger partial charge < -0.3 is 4.74 Å². The van der Waals surface area contributed by atoms with E-state index in [1.54, 1.807) is 24.8 Å². The first-order chi connectivity index (χ1) is 5.27. The van der Waals surface area contributed by atoms with Gasteiger partial charge >= 0.3 is 5.97 Å². The van der Waals surface area contributed by atoms with Gasteiger partial charge in [0.05, 0.1) is 7.11 Å². The highest BCUT2D eigenvalue weighted by Gasteiger charge is 1.75. The molecule has 1 heterocycles. The number of hydrogen-bond donors (Lipinski definition) is 0. The maximum Gasteiger partial charge on any atom is 0.302 e. The molecule has 0 spiro atoms. The molecule has 0 aromatic carbocycles. The van der Waals surface area contributed by atoms with E-state index in [0.717, 1.165) is 0 Å². The van der Waals surface area contributed by atoms with E-state index in [2.05, 4.69) is 14.7 Å². The summed E-state index contributed by atoms with van der Waals surface area (Å²) in [7, 11) is 1.35. The van der Waals surface area contributed by atoms with Crippen LogP contribution >= 0.6 is 0 Å². The molecule has 60 valence electrons. The van der Waals surface area contributed by atoms with Gasteiger partial charge in [0.2, 0.25) is 0 Å². The molecule has 0 aliphatic rings. The number of aromatic nitrogens is 2. The number of esters is 1. The van der Waals surface area contributed by atoms with Crippen LogP contribution in [0.3, 0.4) is 0 Å². The van der Waals surface area contributed by atoms with Crippen LogP contribution in [0, 0.1) is 0 Å². The molecule has 1 aromatic heterocycles. The third-order valence-electron chi connectivity index (χ3n) is 0.765. The molecule has 0 unspecified atom stereocenters. The molecule has 0 N–H and O–H groups in total. The normalized spacial score (nSPS) is 7.45. The van der Waals surface area contributed by atoms with Crippen molar-refractivity contribution in [3.63, 3.8) is 0 Å². The average Bonchev–Trinajstić information content (AvgIpc) is 2.09. The number of carbonyl (C=O) groups is 1. The van der Waals surface area contributed by atoms with Crippen molar-refractivity contribution in [2.45, 2.75) is 6.92 Å². The lowest BCUT2D eigenvalue weighted by molar-refractivity contribution is -0.137. The van der Waals surface area contributed by atoms with Crippen LogP contribution in [0.2, 0.25) is 0 Å². The molecule has 4 nitrogen and oxygen atoms in total. The number of rotatable bonds is 0. The second-order valence-corrected chi connectivity index (χ2v) is 1.59. The summed E-state index contributed by atoms with van der Waals surface area (Å²) in [6, 6.07) is 0. The third kappa shape index (κ3) is 8.55. The van der Waals surface area contributed by atoms with Gasteiger partial charge in [-0.3, -0.25) is 14.8 Å². The van der Waals surface area contributed by atoms with Crippen LogP contribution in [-0.2, 0) is 9.53 Å². The van der Waals surface area contributed by atoms with Crippen LogP contribution in [0.4, 0.5) is 0 Å². The number of carbonyl (C=O) groups excluding carboxylic acids is 1. The van der Waals surface area contributed by atoms with Gasteiger partial charge in [0.25, 0.3) is 0 Å². The predicted octanol–water partition coefficient (Wildman–Crippen LogP) is 0.656. The summed E-state index contributed by atoms with van der Waals surface area (Å²) < 4.78 is 4.11. The smallest absolute Gasteiger partial charge is 0.302 e. The molecule has 0 saturated carbocycles.